The molecular formula is C20H23ClN2O3S. The van der Waals surface area contributed by atoms with E-state index in [4.69, 9.17) is 11.6 Å². The van der Waals surface area contributed by atoms with Gasteiger partial charge in [-0.15, -0.1) is 0 Å². The molecule has 144 valence electrons. The second-order valence-corrected chi connectivity index (χ2v) is 9.56. The van der Waals surface area contributed by atoms with E-state index in [9.17, 15) is 13.2 Å². The SMILES string of the molecule is CN(Cc1ccc(Cl)cc1)C(=O)C(c1ccccc1)N1CCS(=O)(=O)CC1. The van der Waals surface area contributed by atoms with E-state index in [1.165, 1.54) is 0 Å². The predicted molar refractivity (Wildman–Crippen MR) is 107 cm³/mol. The van der Waals surface area contributed by atoms with Gasteiger partial charge in [0.1, 0.15) is 6.04 Å². The predicted octanol–water partition coefficient (Wildman–Crippen LogP) is 2.77. The lowest BCUT2D eigenvalue weighted by molar-refractivity contribution is -0.136. The quantitative estimate of drug-likeness (QED) is 0.766. The normalized spacial score (nSPS) is 18.0. The van der Waals surface area contributed by atoms with Crippen molar-refractivity contribution in [3.05, 3.63) is 70.7 Å². The molecule has 2 aromatic carbocycles. The standard InChI is InChI=1S/C20H23ClN2O3S/c1-22(15-16-7-9-18(21)10-8-16)20(24)19(17-5-3-2-4-6-17)23-11-13-27(25,26)14-12-23/h2-10,19H,11-15H2,1H3. The number of benzene rings is 2. The van der Waals surface area contributed by atoms with E-state index in [0.717, 1.165) is 11.1 Å². The number of halogens is 1. The van der Waals surface area contributed by atoms with Gasteiger partial charge in [-0.05, 0) is 23.3 Å². The molecule has 1 fully saturated rings. The summed E-state index contributed by atoms with van der Waals surface area (Å²) in [5.74, 6) is 0.130. The molecule has 0 aliphatic carbocycles. The molecule has 27 heavy (non-hydrogen) atoms. The van der Waals surface area contributed by atoms with Crippen molar-refractivity contribution in [3.8, 4) is 0 Å². The lowest BCUT2D eigenvalue weighted by atomic mass is 10.0. The monoisotopic (exact) mass is 406 g/mol. The second-order valence-electron chi connectivity index (χ2n) is 6.82. The number of amides is 1. The van der Waals surface area contributed by atoms with Gasteiger partial charge in [-0.1, -0.05) is 54.1 Å². The molecule has 0 N–H and O–H groups in total. The highest BCUT2D eigenvalue weighted by Gasteiger charge is 2.33. The van der Waals surface area contributed by atoms with Crippen molar-refractivity contribution in [3.63, 3.8) is 0 Å². The maximum absolute atomic E-state index is 13.3. The van der Waals surface area contributed by atoms with Gasteiger partial charge in [0.05, 0.1) is 11.5 Å². The van der Waals surface area contributed by atoms with E-state index in [1.54, 1.807) is 24.1 Å². The van der Waals surface area contributed by atoms with Crippen molar-refractivity contribution in [2.45, 2.75) is 12.6 Å². The van der Waals surface area contributed by atoms with Crippen LogP contribution in [-0.4, -0.2) is 55.8 Å². The minimum Gasteiger partial charge on any atom is -0.340 e. The van der Waals surface area contributed by atoms with Gasteiger partial charge in [0.2, 0.25) is 5.91 Å². The highest BCUT2D eigenvalue weighted by molar-refractivity contribution is 7.91. The maximum atomic E-state index is 13.3. The number of carbonyl (C=O) groups is 1. The zero-order valence-electron chi connectivity index (χ0n) is 15.2. The Morgan fingerprint density at radius 3 is 2.26 bits per heavy atom. The van der Waals surface area contributed by atoms with E-state index in [1.807, 2.05) is 47.4 Å². The van der Waals surface area contributed by atoms with E-state index >= 15 is 0 Å². The van der Waals surface area contributed by atoms with Gasteiger partial charge in [-0.25, -0.2) is 8.42 Å². The first kappa shape index (κ1) is 19.9. The van der Waals surface area contributed by atoms with Crippen molar-refractivity contribution in [1.29, 1.82) is 0 Å². The van der Waals surface area contributed by atoms with Crippen LogP contribution >= 0.6 is 11.6 Å². The summed E-state index contributed by atoms with van der Waals surface area (Å²) >= 11 is 5.93. The van der Waals surface area contributed by atoms with Gasteiger partial charge in [-0.2, -0.15) is 0 Å². The summed E-state index contributed by atoms with van der Waals surface area (Å²) in [6.07, 6.45) is 0. The Labute approximate surface area is 165 Å². The molecule has 0 saturated carbocycles. The molecule has 1 heterocycles. The fourth-order valence-corrected chi connectivity index (χ4v) is 4.64. The van der Waals surface area contributed by atoms with Crippen LogP contribution in [0, 0.1) is 0 Å². The molecule has 0 bridgehead atoms. The van der Waals surface area contributed by atoms with Crippen LogP contribution in [0.15, 0.2) is 54.6 Å². The van der Waals surface area contributed by atoms with Crippen molar-refractivity contribution in [1.82, 2.24) is 9.80 Å². The summed E-state index contributed by atoms with van der Waals surface area (Å²) < 4.78 is 23.6. The number of sulfone groups is 1. The molecule has 1 amide bonds. The van der Waals surface area contributed by atoms with Gasteiger partial charge in [0, 0.05) is 31.7 Å². The van der Waals surface area contributed by atoms with Gasteiger partial charge >= 0.3 is 0 Å². The fourth-order valence-electron chi connectivity index (χ4n) is 3.28. The first-order valence-corrected chi connectivity index (χ1v) is 11.0. The second kappa shape index (κ2) is 8.42. The Balaban J connectivity index is 1.81. The minimum atomic E-state index is -3.01. The average molecular weight is 407 g/mol. The highest BCUT2D eigenvalue weighted by Crippen LogP contribution is 2.25. The van der Waals surface area contributed by atoms with Crippen LogP contribution in [0.2, 0.25) is 5.02 Å². The molecule has 1 aliphatic heterocycles. The smallest absolute Gasteiger partial charge is 0.244 e. The van der Waals surface area contributed by atoms with Crippen molar-refractivity contribution < 1.29 is 13.2 Å². The maximum Gasteiger partial charge on any atom is 0.244 e. The summed E-state index contributed by atoms with van der Waals surface area (Å²) in [4.78, 5) is 16.9. The summed E-state index contributed by atoms with van der Waals surface area (Å²) in [5.41, 5.74) is 1.87. The lowest BCUT2D eigenvalue weighted by Gasteiger charge is -2.35. The van der Waals surface area contributed by atoms with Crippen LogP contribution < -0.4 is 0 Å². The first-order chi connectivity index (χ1) is 12.9. The molecule has 5 nitrogen and oxygen atoms in total. The van der Waals surface area contributed by atoms with Crippen LogP contribution in [0.3, 0.4) is 0 Å². The number of carbonyl (C=O) groups excluding carboxylic acids is 1. The molecule has 0 radical (unpaired) electrons. The zero-order chi connectivity index (χ0) is 19.4. The number of hydrogen-bond acceptors (Lipinski definition) is 4. The van der Waals surface area contributed by atoms with Crippen LogP contribution in [0.25, 0.3) is 0 Å². The van der Waals surface area contributed by atoms with Gasteiger partial charge < -0.3 is 4.90 Å². The third-order valence-electron chi connectivity index (χ3n) is 4.80. The Kier molecular flexibility index (Phi) is 6.19. The minimum absolute atomic E-state index is 0.0459. The van der Waals surface area contributed by atoms with Gasteiger partial charge in [0.15, 0.2) is 9.84 Å². The van der Waals surface area contributed by atoms with Crippen LogP contribution in [0.4, 0.5) is 0 Å². The van der Waals surface area contributed by atoms with Crippen LogP contribution in [0.5, 0.6) is 0 Å². The number of nitrogens with zero attached hydrogens (tertiary/aromatic N) is 2. The average Bonchev–Trinajstić information content (AvgIpc) is 2.66. The Morgan fingerprint density at radius 2 is 1.67 bits per heavy atom. The third kappa shape index (κ3) is 5.09. The lowest BCUT2D eigenvalue weighted by Crippen LogP contribution is -2.47. The molecule has 1 unspecified atom stereocenters. The first-order valence-electron chi connectivity index (χ1n) is 8.84. The molecular weight excluding hydrogens is 384 g/mol. The zero-order valence-corrected chi connectivity index (χ0v) is 16.8. The fraction of sp³-hybridized carbons (Fsp3) is 0.350. The van der Waals surface area contributed by atoms with Crippen molar-refractivity contribution in [2.24, 2.45) is 0 Å². The van der Waals surface area contributed by atoms with E-state index in [-0.39, 0.29) is 17.4 Å². The molecule has 0 aromatic heterocycles. The van der Waals surface area contributed by atoms with Crippen molar-refractivity contribution >= 4 is 27.3 Å². The number of rotatable bonds is 5. The molecule has 7 heteroatoms. The van der Waals surface area contributed by atoms with Crippen LogP contribution in [0.1, 0.15) is 17.2 Å². The van der Waals surface area contributed by atoms with E-state index in [2.05, 4.69) is 0 Å². The third-order valence-corrected chi connectivity index (χ3v) is 6.66. The van der Waals surface area contributed by atoms with E-state index in [0.29, 0.717) is 24.7 Å². The summed E-state index contributed by atoms with van der Waals surface area (Å²) in [6, 6.07) is 16.5. The van der Waals surface area contributed by atoms with Gasteiger partial charge in [-0.3, -0.25) is 9.69 Å². The highest BCUT2D eigenvalue weighted by atomic mass is 35.5. The van der Waals surface area contributed by atoms with Crippen LogP contribution in [-0.2, 0) is 21.2 Å². The number of likely N-dealkylation sites (N-methyl/N-ethyl adjacent to an activating group) is 1. The molecule has 2 aromatic rings. The summed E-state index contributed by atoms with van der Waals surface area (Å²) in [7, 11) is -1.24. The Hall–Kier alpha value is -1.89. The molecule has 1 saturated heterocycles. The molecule has 3 rings (SSSR count). The molecule has 0 spiro atoms. The summed E-state index contributed by atoms with van der Waals surface area (Å²) in [6.45, 7) is 1.19. The Bertz CT molecular complexity index is 871. The largest absolute Gasteiger partial charge is 0.340 e. The molecule has 1 aliphatic rings. The topological polar surface area (TPSA) is 57.7 Å². The summed E-state index contributed by atoms with van der Waals surface area (Å²) in [5, 5.41) is 0.657. The number of hydrogen-bond donors (Lipinski definition) is 0. The Morgan fingerprint density at radius 1 is 1.07 bits per heavy atom. The molecule has 1 atom stereocenters. The van der Waals surface area contributed by atoms with Gasteiger partial charge in [0.25, 0.3) is 0 Å². The van der Waals surface area contributed by atoms with E-state index < -0.39 is 15.9 Å². The van der Waals surface area contributed by atoms with Crippen molar-refractivity contribution in [2.75, 3.05) is 31.6 Å².